The zero-order chi connectivity index (χ0) is 16.1. The van der Waals surface area contributed by atoms with Crippen molar-refractivity contribution in [1.29, 1.82) is 0 Å². The first-order valence-electron chi connectivity index (χ1n) is 7.63. The van der Waals surface area contributed by atoms with Gasteiger partial charge in [-0.3, -0.25) is 9.69 Å². The molecule has 0 radical (unpaired) electrons. The predicted molar refractivity (Wildman–Crippen MR) is 87.6 cm³/mol. The third-order valence-corrected chi connectivity index (χ3v) is 4.14. The van der Waals surface area contributed by atoms with Crippen molar-refractivity contribution in [2.75, 3.05) is 32.8 Å². The van der Waals surface area contributed by atoms with Crippen molar-refractivity contribution in [1.82, 2.24) is 10.2 Å². The molecule has 0 bridgehead atoms. The SMILES string of the molecule is O=C(NC[C@@H](c1ccco1)N1CCOCC1)c1cccc(Cl)c1. The Kier molecular flexibility index (Phi) is 5.33. The van der Waals surface area contributed by atoms with E-state index in [-0.39, 0.29) is 11.9 Å². The number of carbonyl (C=O) groups excluding carboxylic acids is 1. The molecule has 6 heteroatoms. The Labute approximate surface area is 140 Å². The Morgan fingerprint density at radius 1 is 1.26 bits per heavy atom. The van der Waals surface area contributed by atoms with Crippen LogP contribution in [0.3, 0.4) is 0 Å². The van der Waals surface area contributed by atoms with Crippen LogP contribution >= 0.6 is 11.6 Å². The fourth-order valence-corrected chi connectivity index (χ4v) is 2.89. The normalized spacial score (nSPS) is 16.9. The summed E-state index contributed by atoms with van der Waals surface area (Å²) in [7, 11) is 0. The molecule has 23 heavy (non-hydrogen) atoms. The van der Waals surface area contributed by atoms with Gasteiger partial charge in [0.05, 0.1) is 25.5 Å². The van der Waals surface area contributed by atoms with E-state index in [1.807, 2.05) is 12.1 Å². The van der Waals surface area contributed by atoms with Crippen LogP contribution in [0.1, 0.15) is 22.2 Å². The van der Waals surface area contributed by atoms with Crippen LogP contribution in [-0.4, -0.2) is 43.7 Å². The van der Waals surface area contributed by atoms with Crippen molar-refractivity contribution < 1.29 is 13.9 Å². The first kappa shape index (κ1) is 16.1. The number of furan rings is 1. The van der Waals surface area contributed by atoms with Gasteiger partial charge in [0.25, 0.3) is 5.91 Å². The summed E-state index contributed by atoms with van der Waals surface area (Å²) >= 11 is 5.94. The topological polar surface area (TPSA) is 54.7 Å². The van der Waals surface area contributed by atoms with E-state index in [1.54, 1.807) is 30.5 Å². The van der Waals surface area contributed by atoms with E-state index in [2.05, 4.69) is 10.2 Å². The van der Waals surface area contributed by atoms with Crippen LogP contribution in [0.4, 0.5) is 0 Å². The van der Waals surface area contributed by atoms with Gasteiger partial charge in [-0.15, -0.1) is 0 Å². The molecule has 5 nitrogen and oxygen atoms in total. The third kappa shape index (κ3) is 4.13. The Hall–Kier alpha value is -1.82. The molecule has 1 saturated heterocycles. The molecule has 1 N–H and O–H groups in total. The van der Waals surface area contributed by atoms with Gasteiger partial charge in [0.1, 0.15) is 5.76 Å². The van der Waals surface area contributed by atoms with Gasteiger partial charge in [0.15, 0.2) is 0 Å². The number of halogens is 1. The van der Waals surface area contributed by atoms with Gasteiger partial charge in [-0.2, -0.15) is 0 Å². The number of hydrogen-bond donors (Lipinski definition) is 1. The van der Waals surface area contributed by atoms with Crippen LogP contribution in [-0.2, 0) is 4.74 Å². The molecule has 3 rings (SSSR count). The van der Waals surface area contributed by atoms with Crippen LogP contribution in [0, 0.1) is 0 Å². The standard InChI is InChI=1S/C17H19ClN2O3/c18-14-4-1-3-13(11-14)17(21)19-12-15(16-5-2-8-23-16)20-6-9-22-10-7-20/h1-5,8,11,15H,6-7,9-10,12H2,(H,19,21)/t15-/m0/s1. The minimum atomic E-state index is -0.141. The summed E-state index contributed by atoms with van der Waals surface area (Å²) in [5, 5.41) is 3.52. The number of amides is 1. The second kappa shape index (κ2) is 7.64. The third-order valence-electron chi connectivity index (χ3n) is 3.90. The molecule has 1 aliphatic heterocycles. The van der Waals surface area contributed by atoms with Crippen LogP contribution in [0.2, 0.25) is 5.02 Å². The van der Waals surface area contributed by atoms with Gasteiger partial charge < -0.3 is 14.5 Å². The maximum absolute atomic E-state index is 12.3. The van der Waals surface area contributed by atoms with E-state index >= 15 is 0 Å². The fraction of sp³-hybridized carbons (Fsp3) is 0.353. The molecule has 0 unspecified atom stereocenters. The summed E-state index contributed by atoms with van der Waals surface area (Å²) in [6.45, 7) is 3.49. The predicted octanol–water partition coefficient (Wildman–Crippen LogP) is 2.74. The molecule has 1 aromatic heterocycles. The smallest absolute Gasteiger partial charge is 0.251 e. The molecule has 0 spiro atoms. The van der Waals surface area contributed by atoms with Gasteiger partial charge in [0.2, 0.25) is 0 Å². The molecule has 0 aliphatic carbocycles. The zero-order valence-corrected chi connectivity index (χ0v) is 13.5. The first-order chi connectivity index (χ1) is 11.2. The van der Waals surface area contributed by atoms with Crippen molar-refractivity contribution in [3.8, 4) is 0 Å². The first-order valence-corrected chi connectivity index (χ1v) is 8.01. The largest absolute Gasteiger partial charge is 0.468 e. The molecular weight excluding hydrogens is 316 g/mol. The van der Waals surface area contributed by atoms with Gasteiger partial charge in [-0.05, 0) is 30.3 Å². The average Bonchev–Trinajstić information content (AvgIpc) is 3.10. The van der Waals surface area contributed by atoms with Crippen molar-refractivity contribution in [3.63, 3.8) is 0 Å². The molecule has 1 atom stereocenters. The van der Waals surface area contributed by atoms with Gasteiger partial charge in [-0.25, -0.2) is 0 Å². The van der Waals surface area contributed by atoms with E-state index in [1.165, 1.54) is 0 Å². The van der Waals surface area contributed by atoms with Crippen LogP contribution in [0.5, 0.6) is 0 Å². The van der Waals surface area contributed by atoms with Crippen LogP contribution < -0.4 is 5.32 Å². The van der Waals surface area contributed by atoms with Crippen molar-refractivity contribution in [2.24, 2.45) is 0 Å². The van der Waals surface area contributed by atoms with E-state index in [0.717, 1.165) is 18.8 Å². The molecule has 0 saturated carbocycles. The van der Waals surface area contributed by atoms with Crippen molar-refractivity contribution >= 4 is 17.5 Å². The highest BCUT2D eigenvalue weighted by Crippen LogP contribution is 2.22. The Morgan fingerprint density at radius 2 is 2.09 bits per heavy atom. The molecule has 1 aliphatic rings. The summed E-state index contributed by atoms with van der Waals surface area (Å²) in [5.41, 5.74) is 0.553. The number of ether oxygens (including phenoxy) is 1. The number of carbonyl (C=O) groups is 1. The van der Waals surface area contributed by atoms with Gasteiger partial charge >= 0.3 is 0 Å². The lowest BCUT2D eigenvalue weighted by molar-refractivity contribution is 0.0118. The Bertz CT molecular complexity index is 639. The quantitative estimate of drug-likeness (QED) is 0.913. The summed E-state index contributed by atoms with van der Waals surface area (Å²) in [6.07, 6.45) is 1.65. The lowest BCUT2D eigenvalue weighted by atomic mass is 10.1. The number of hydrogen-bond acceptors (Lipinski definition) is 4. The van der Waals surface area contributed by atoms with Crippen molar-refractivity contribution in [2.45, 2.75) is 6.04 Å². The number of nitrogens with one attached hydrogen (secondary N) is 1. The number of rotatable bonds is 5. The summed E-state index contributed by atoms with van der Waals surface area (Å²) in [6, 6.07) is 10.7. The van der Waals surface area contributed by atoms with Gasteiger partial charge in [0, 0.05) is 30.2 Å². The minimum Gasteiger partial charge on any atom is -0.468 e. The second-order valence-electron chi connectivity index (χ2n) is 5.40. The highest BCUT2D eigenvalue weighted by atomic mass is 35.5. The maximum Gasteiger partial charge on any atom is 0.251 e. The maximum atomic E-state index is 12.3. The summed E-state index contributed by atoms with van der Waals surface area (Å²) in [4.78, 5) is 14.6. The molecule has 1 amide bonds. The highest BCUT2D eigenvalue weighted by molar-refractivity contribution is 6.30. The monoisotopic (exact) mass is 334 g/mol. The number of nitrogens with zero attached hydrogens (tertiary/aromatic N) is 1. The van der Waals surface area contributed by atoms with Gasteiger partial charge in [-0.1, -0.05) is 17.7 Å². The van der Waals surface area contributed by atoms with Crippen LogP contribution in [0.25, 0.3) is 0 Å². The average molecular weight is 335 g/mol. The van der Waals surface area contributed by atoms with E-state index in [4.69, 9.17) is 20.8 Å². The number of morpholine rings is 1. The lowest BCUT2D eigenvalue weighted by Crippen LogP contribution is -2.43. The molecule has 2 heterocycles. The lowest BCUT2D eigenvalue weighted by Gasteiger charge is -2.33. The molecule has 122 valence electrons. The zero-order valence-electron chi connectivity index (χ0n) is 12.7. The summed E-state index contributed by atoms with van der Waals surface area (Å²) in [5.74, 6) is 0.704. The fourth-order valence-electron chi connectivity index (χ4n) is 2.70. The molecule has 1 aromatic carbocycles. The summed E-state index contributed by atoms with van der Waals surface area (Å²) < 4.78 is 11.0. The van der Waals surface area contributed by atoms with E-state index in [0.29, 0.717) is 30.3 Å². The van der Waals surface area contributed by atoms with Crippen molar-refractivity contribution in [3.05, 3.63) is 59.0 Å². The molecule has 1 fully saturated rings. The van der Waals surface area contributed by atoms with E-state index < -0.39 is 0 Å². The minimum absolute atomic E-state index is 0.00275. The second-order valence-corrected chi connectivity index (χ2v) is 5.84. The van der Waals surface area contributed by atoms with Crippen LogP contribution in [0.15, 0.2) is 47.1 Å². The highest BCUT2D eigenvalue weighted by Gasteiger charge is 2.25. The number of benzene rings is 1. The molecular formula is C17H19ClN2O3. The molecule has 2 aromatic rings. The Morgan fingerprint density at radius 3 is 2.78 bits per heavy atom. The van der Waals surface area contributed by atoms with E-state index in [9.17, 15) is 4.79 Å². The Balaban J connectivity index is 1.67.